The number of nitrogens with zero attached hydrogens (tertiary/aromatic N) is 2. The van der Waals surface area contributed by atoms with Crippen LogP contribution in [0.5, 0.6) is 0 Å². The molecule has 0 bridgehead atoms. The zero-order valence-electron chi connectivity index (χ0n) is 13.9. The van der Waals surface area contributed by atoms with Gasteiger partial charge in [-0.2, -0.15) is 0 Å². The Morgan fingerprint density at radius 1 is 1.17 bits per heavy atom. The van der Waals surface area contributed by atoms with Crippen LogP contribution in [0.1, 0.15) is 27.4 Å². The molecule has 0 saturated carbocycles. The molecule has 0 atom stereocenters. The number of benzene rings is 1. The van der Waals surface area contributed by atoms with E-state index in [1.54, 1.807) is 20.1 Å². The van der Waals surface area contributed by atoms with Crippen molar-refractivity contribution in [2.75, 3.05) is 30.9 Å². The molecule has 1 aromatic heterocycles. The fraction of sp³-hybridized carbons (Fsp3) is 0.353. The maximum absolute atomic E-state index is 12.4. The Kier molecular flexibility index (Phi) is 5.65. The summed E-state index contributed by atoms with van der Waals surface area (Å²) in [5.41, 5.74) is 3.29. The van der Waals surface area contributed by atoms with Gasteiger partial charge >= 0.3 is 0 Å². The van der Waals surface area contributed by atoms with Gasteiger partial charge in [-0.1, -0.05) is 17.7 Å². The summed E-state index contributed by atoms with van der Waals surface area (Å²) >= 11 is 0. The van der Waals surface area contributed by atoms with Gasteiger partial charge in [-0.15, -0.1) is 0 Å². The lowest BCUT2D eigenvalue weighted by atomic mass is 10.1. The van der Waals surface area contributed by atoms with Crippen molar-refractivity contribution in [1.82, 2.24) is 9.97 Å². The van der Waals surface area contributed by atoms with Crippen molar-refractivity contribution in [2.24, 2.45) is 0 Å². The number of amides is 1. The largest absolute Gasteiger partial charge is 0.383 e. The molecule has 122 valence electrons. The van der Waals surface area contributed by atoms with Crippen LogP contribution >= 0.6 is 0 Å². The van der Waals surface area contributed by atoms with Crippen molar-refractivity contribution >= 4 is 17.4 Å². The van der Waals surface area contributed by atoms with Crippen LogP contribution in [0.3, 0.4) is 0 Å². The average Bonchev–Trinajstić information content (AvgIpc) is 2.50. The molecule has 1 aromatic carbocycles. The summed E-state index contributed by atoms with van der Waals surface area (Å²) in [6.07, 6.45) is 0. The van der Waals surface area contributed by atoms with Gasteiger partial charge in [-0.25, -0.2) is 9.97 Å². The predicted molar refractivity (Wildman–Crippen MR) is 91.0 cm³/mol. The van der Waals surface area contributed by atoms with Crippen LogP contribution in [0.25, 0.3) is 0 Å². The van der Waals surface area contributed by atoms with E-state index in [9.17, 15) is 4.79 Å². The summed E-state index contributed by atoms with van der Waals surface area (Å²) in [5, 5.41) is 6.00. The van der Waals surface area contributed by atoms with Crippen LogP contribution in [-0.4, -0.2) is 36.1 Å². The highest BCUT2D eigenvalue weighted by molar-refractivity contribution is 6.03. The fourth-order valence-corrected chi connectivity index (χ4v) is 2.20. The number of carbonyl (C=O) groups is 1. The molecule has 6 heteroatoms. The molecule has 0 saturated heterocycles. The highest BCUT2D eigenvalue weighted by Gasteiger charge is 2.12. The molecule has 1 amide bonds. The number of aromatic nitrogens is 2. The smallest absolute Gasteiger partial charge is 0.274 e. The first-order valence-electron chi connectivity index (χ1n) is 7.46. The molecule has 0 unspecified atom stereocenters. The van der Waals surface area contributed by atoms with Crippen LogP contribution in [-0.2, 0) is 4.74 Å². The minimum Gasteiger partial charge on any atom is -0.383 e. The third-order valence-electron chi connectivity index (χ3n) is 3.31. The van der Waals surface area contributed by atoms with Crippen LogP contribution in [0.4, 0.5) is 11.5 Å². The molecule has 2 rings (SSSR count). The molecule has 2 aromatic rings. The van der Waals surface area contributed by atoms with E-state index in [0.29, 0.717) is 30.5 Å². The van der Waals surface area contributed by atoms with E-state index in [1.807, 2.05) is 32.0 Å². The first kappa shape index (κ1) is 16.9. The van der Waals surface area contributed by atoms with Crippen LogP contribution in [0.2, 0.25) is 0 Å². The molecule has 0 aliphatic heterocycles. The molecule has 0 aliphatic rings. The van der Waals surface area contributed by atoms with E-state index in [1.165, 1.54) is 0 Å². The molecular formula is C17H22N4O2. The Hall–Kier alpha value is -2.47. The molecule has 1 heterocycles. The number of rotatable bonds is 6. The molecule has 0 aliphatic carbocycles. The van der Waals surface area contributed by atoms with Crippen LogP contribution in [0, 0.1) is 20.8 Å². The fourth-order valence-electron chi connectivity index (χ4n) is 2.20. The normalized spacial score (nSPS) is 10.4. The lowest BCUT2D eigenvalue weighted by molar-refractivity contribution is 0.102. The van der Waals surface area contributed by atoms with Gasteiger partial charge < -0.3 is 15.4 Å². The maximum Gasteiger partial charge on any atom is 0.274 e. The Balaban J connectivity index is 2.15. The van der Waals surface area contributed by atoms with Gasteiger partial charge in [0.15, 0.2) is 0 Å². The summed E-state index contributed by atoms with van der Waals surface area (Å²) in [4.78, 5) is 20.9. The molecule has 6 nitrogen and oxygen atoms in total. The minimum absolute atomic E-state index is 0.253. The van der Waals surface area contributed by atoms with Gasteiger partial charge in [0, 0.05) is 25.4 Å². The second-order valence-electron chi connectivity index (χ2n) is 5.38. The second kappa shape index (κ2) is 7.69. The Bertz CT molecular complexity index is 701. The number of nitrogens with one attached hydrogen (secondary N) is 2. The summed E-state index contributed by atoms with van der Waals surface area (Å²) in [5.74, 6) is 0.899. The van der Waals surface area contributed by atoms with Crippen molar-refractivity contribution < 1.29 is 9.53 Å². The summed E-state index contributed by atoms with van der Waals surface area (Å²) in [6, 6.07) is 7.53. The van der Waals surface area contributed by atoms with Crippen LogP contribution in [0.15, 0.2) is 24.3 Å². The zero-order valence-corrected chi connectivity index (χ0v) is 13.9. The minimum atomic E-state index is -0.253. The lowest BCUT2D eigenvalue weighted by Crippen LogP contribution is -2.17. The number of anilines is 2. The molecular weight excluding hydrogens is 292 g/mol. The van der Waals surface area contributed by atoms with E-state index in [-0.39, 0.29) is 5.91 Å². The zero-order chi connectivity index (χ0) is 16.8. The highest BCUT2D eigenvalue weighted by Crippen LogP contribution is 2.17. The van der Waals surface area contributed by atoms with Gasteiger partial charge in [0.25, 0.3) is 5.91 Å². The number of hydrogen-bond donors (Lipinski definition) is 2. The van der Waals surface area contributed by atoms with E-state index < -0.39 is 0 Å². The Morgan fingerprint density at radius 2 is 1.96 bits per heavy atom. The van der Waals surface area contributed by atoms with Crippen molar-refractivity contribution in [2.45, 2.75) is 20.8 Å². The lowest BCUT2D eigenvalue weighted by Gasteiger charge is -2.11. The number of carbonyl (C=O) groups excluding carboxylic acids is 1. The first-order chi connectivity index (χ1) is 11.0. The quantitative estimate of drug-likeness (QED) is 0.802. The van der Waals surface area contributed by atoms with E-state index in [2.05, 4.69) is 20.6 Å². The third-order valence-corrected chi connectivity index (χ3v) is 3.31. The first-order valence-corrected chi connectivity index (χ1v) is 7.46. The molecule has 2 N–H and O–H groups in total. The van der Waals surface area contributed by atoms with Gasteiger partial charge in [0.05, 0.1) is 6.61 Å². The van der Waals surface area contributed by atoms with Crippen LogP contribution < -0.4 is 10.6 Å². The molecule has 0 radical (unpaired) electrons. The van der Waals surface area contributed by atoms with Crippen molar-refractivity contribution in [1.29, 1.82) is 0 Å². The summed E-state index contributed by atoms with van der Waals surface area (Å²) < 4.78 is 4.99. The van der Waals surface area contributed by atoms with Crippen molar-refractivity contribution in [3.8, 4) is 0 Å². The van der Waals surface area contributed by atoms with Gasteiger partial charge in [0.2, 0.25) is 0 Å². The van der Waals surface area contributed by atoms with Crippen molar-refractivity contribution in [3.05, 3.63) is 46.9 Å². The van der Waals surface area contributed by atoms with Gasteiger partial charge in [-0.3, -0.25) is 4.79 Å². The molecule has 23 heavy (non-hydrogen) atoms. The highest BCUT2D eigenvalue weighted by atomic mass is 16.5. The Morgan fingerprint density at radius 3 is 2.65 bits per heavy atom. The SMILES string of the molecule is COCCNc1cc(C(=O)Nc2ccc(C)cc2C)nc(C)n1. The average molecular weight is 314 g/mol. The number of methoxy groups -OCH3 is 1. The predicted octanol–water partition coefficient (Wildman–Crippen LogP) is 2.71. The maximum atomic E-state index is 12.4. The number of hydrogen-bond acceptors (Lipinski definition) is 5. The van der Waals surface area contributed by atoms with E-state index in [0.717, 1.165) is 16.8 Å². The summed E-state index contributed by atoms with van der Waals surface area (Å²) in [6.45, 7) is 6.92. The Labute approximate surface area is 136 Å². The van der Waals surface area contributed by atoms with Gasteiger partial charge in [0.1, 0.15) is 17.3 Å². The third kappa shape index (κ3) is 4.75. The molecule has 0 spiro atoms. The van der Waals surface area contributed by atoms with Gasteiger partial charge in [-0.05, 0) is 32.4 Å². The standard InChI is InChI=1S/C17H22N4O2/c1-11-5-6-14(12(2)9-11)21-17(22)15-10-16(18-7-8-23-4)20-13(3)19-15/h5-6,9-10H,7-8H2,1-4H3,(H,21,22)(H,18,19,20). The molecule has 0 fully saturated rings. The second-order valence-corrected chi connectivity index (χ2v) is 5.38. The number of ether oxygens (including phenoxy) is 1. The van der Waals surface area contributed by atoms with E-state index >= 15 is 0 Å². The monoisotopic (exact) mass is 314 g/mol. The number of aryl methyl sites for hydroxylation is 3. The van der Waals surface area contributed by atoms with E-state index in [4.69, 9.17) is 4.74 Å². The van der Waals surface area contributed by atoms with Crippen molar-refractivity contribution in [3.63, 3.8) is 0 Å². The summed E-state index contributed by atoms with van der Waals surface area (Å²) in [7, 11) is 1.63. The topological polar surface area (TPSA) is 76.1 Å².